The minimum atomic E-state index is -0.784. The number of halogens is 1. The van der Waals surface area contributed by atoms with Crippen LogP contribution in [0.15, 0.2) is 51.7 Å². The molecule has 2 aromatic carbocycles. The molecule has 1 aliphatic rings. The average molecular weight is 508 g/mol. The molecule has 36 heavy (non-hydrogen) atoms. The van der Waals surface area contributed by atoms with E-state index >= 15 is 0 Å². The van der Waals surface area contributed by atoms with Crippen molar-refractivity contribution in [1.82, 2.24) is 10.2 Å². The van der Waals surface area contributed by atoms with Crippen molar-refractivity contribution >= 4 is 33.3 Å². The summed E-state index contributed by atoms with van der Waals surface area (Å²) in [5.41, 5.74) is 0.582. The van der Waals surface area contributed by atoms with Gasteiger partial charge in [0.2, 0.25) is 10.9 Å². The van der Waals surface area contributed by atoms with Gasteiger partial charge in [-0.25, -0.2) is 4.39 Å². The maximum atomic E-state index is 14.0. The number of hydrogen-bond donors (Lipinski definition) is 0. The summed E-state index contributed by atoms with van der Waals surface area (Å²) in [5.74, 6) is -0.376. The smallest absolute Gasteiger partial charge is 0.297 e. The number of nitrogens with zero attached hydrogens (tertiary/aromatic N) is 3. The Hall–Kier alpha value is -3.59. The fourth-order valence-corrected chi connectivity index (χ4v) is 5.37. The zero-order chi connectivity index (χ0) is 25.2. The van der Waals surface area contributed by atoms with E-state index in [1.807, 2.05) is 31.2 Å². The van der Waals surface area contributed by atoms with Gasteiger partial charge in [-0.05, 0) is 48.7 Å². The number of fused-ring (bicyclic) bond motifs is 2. The SMILES string of the molecule is CCCCCOc1ccc(C2c3c(oc4ccc(F)cc4c3=O)C(=O)N2c2nnc(CCC)s2)cc1. The molecule has 0 saturated carbocycles. The van der Waals surface area contributed by atoms with Gasteiger partial charge < -0.3 is 9.15 Å². The zero-order valence-electron chi connectivity index (χ0n) is 20.1. The van der Waals surface area contributed by atoms with E-state index < -0.39 is 23.2 Å². The molecule has 5 rings (SSSR count). The first kappa shape index (κ1) is 24.1. The highest BCUT2D eigenvalue weighted by atomic mass is 32.1. The van der Waals surface area contributed by atoms with Crippen molar-refractivity contribution in [3.8, 4) is 5.75 Å². The number of anilines is 1. The molecule has 0 fully saturated rings. The van der Waals surface area contributed by atoms with Crippen LogP contribution in [0, 0.1) is 5.82 Å². The second kappa shape index (κ2) is 10.2. The fraction of sp³-hybridized carbons (Fsp3) is 0.333. The van der Waals surface area contributed by atoms with Crippen LogP contribution in [-0.4, -0.2) is 22.7 Å². The standard InChI is InChI=1S/C27H26FN3O4S/c1-3-5-6-14-34-18-11-8-16(9-12-18)23-22-24(32)19-15-17(28)10-13-20(19)35-25(22)26(33)31(23)27-30-29-21(36-27)7-4-2/h8-13,15,23H,3-7,14H2,1-2H3. The molecular formula is C27H26FN3O4S. The van der Waals surface area contributed by atoms with Crippen LogP contribution < -0.4 is 15.1 Å². The Morgan fingerprint density at radius 1 is 1.06 bits per heavy atom. The summed E-state index contributed by atoms with van der Waals surface area (Å²) >= 11 is 1.31. The van der Waals surface area contributed by atoms with Crippen molar-refractivity contribution in [2.75, 3.05) is 11.5 Å². The summed E-state index contributed by atoms with van der Waals surface area (Å²) in [6, 6.07) is 10.2. The molecule has 1 unspecified atom stereocenters. The number of carbonyl (C=O) groups excluding carboxylic acids is 1. The Bertz CT molecular complexity index is 1460. The Morgan fingerprint density at radius 2 is 1.86 bits per heavy atom. The highest BCUT2D eigenvalue weighted by Gasteiger charge is 2.45. The molecule has 0 saturated heterocycles. The van der Waals surface area contributed by atoms with Gasteiger partial charge in [0.05, 0.1) is 23.6 Å². The number of unbranched alkanes of at least 4 members (excludes halogenated alkanes) is 2. The predicted molar refractivity (Wildman–Crippen MR) is 136 cm³/mol. The van der Waals surface area contributed by atoms with Gasteiger partial charge >= 0.3 is 0 Å². The van der Waals surface area contributed by atoms with E-state index in [2.05, 4.69) is 17.1 Å². The minimum absolute atomic E-state index is 0.0590. The van der Waals surface area contributed by atoms with E-state index in [0.29, 0.717) is 23.1 Å². The topological polar surface area (TPSA) is 85.5 Å². The van der Waals surface area contributed by atoms with Gasteiger partial charge in [0, 0.05) is 6.42 Å². The molecule has 0 aliphatic carbocycles. The molecule has 186 valence electrons. The zero-order valence-corrected chi connectivity index (χ0v) is 20.9. The lowest BCUT2D eigenvalue weighted by Crippen LogP contribution is -2.29. The molecular weight excluding hydrogens is 481 g/mol. The van der Waals surface area contributed by atoms with Crippen molar-refractivity contribution < 1.29 is 18.3 Å². The van der Waals surface area contributed by atoms with Crippen LogP contribution in [0.3, 0.4) is 0 Å². The van der Waals surface area contributed by atoms with Crippen LogP contribution in [-0.2, 0) is 6.42 Å². The first-order valence-electron chi connectivity index (χ1n) is 12.2. The van der Waals surface area contributed by atoms with Crippen molar-refractivity contribution in [2.45, 2.75) is 52.0 Å². The van der Waals surface area contributed by atoms with E-state index in [1.54, 1.807) is 0 Å². The Kier molecular flexibility index (Phi) is 6.82. The second-order valence-electron chi connectivity index (χ2n) is 8.75. The third-order valence-electron chi connectivity index (χ3n) is 6.17. The summed E-state index contributed by atoms with van der Waals surface area (Å²) in [6.07, 6.45) is 4.81. The maximum absolute atomic E-state index is 14.0. The summed E-state index contributed by atoms with van der Waals surface area (Å²) in [4.78, 5) is 28.7. The Labute approximate surface area is 211 Å². The highest BCUT2D eigenvalue weighted by molar-refractivity contribution is 7.15. The number of carbonyl (C=O) groups is 1. The van der Waals surface area contributed by atoms with Crippen LogP contribution in [0.4, 0.5) is 9.52 Å². The van der Waals surface area contributed by atoms with Crippen molar-refractivity contribution in [2.24, 2.45) is 0 Å². The summed E-state index contributed by atoms with van der Waals surface area (Å²) in [7, 11) is 0. The molecule has 1 atom stereocenters. The first-order valence-corrected chi connectivity index (χ1v) is 13.0. The van der Waals surface area contributed by atoms with Gasteiger partial charge in [-0.15, -0.1) is 10.2 Å². The van der Waals surface area contributed by atoms with Crippen LogP contribution in [0.5, 0.6) is 5.75 Å². The lowest BCUT2D eigenvalue weighted by molar-refractivity contribution is 0.0970. The van der Waals surface area contributed by atoms with Crippen molar-refractivity contribution in [1.29, 1.82) is 0 Å². The summed E-state index contributed by atoms with van der Waals surface area (Å²) < 4.78 is 25.7. The normalized spacial score (nSPS) is 15.0. The van der Waals surface area contributed by atoms with E-state index in [9.17, 15) is 14.0 Å². The molecule has 3 heterocycles. The van der Waals surface area contributed by atoms with E-state index in [0.717, 1.165) is 43.2 Å². The van der Waals surface area contributed by atoms with Crippen LogP contribution >= 0.6 is 11.3 Å². The number of rotatable bonds is 9. The number of benzene rings is 2. The van der Waals surface area contributed by atoms with E-state index in [4.69, 9.17) is 9.15 Å². The molecule has 1 aliphatic heterocycles. The molecule has 0 N–H and O–H groups in total. The molecule has 1 amide bonds. The van der Waals surface area contributed by atoms with Crippen LogP contribution in [0.2, 0.25) is 0 Å². The molecule has 0 radical (unpaired) electrons. The molecule has 2 aromatic heterocycles. The van der Waals surface area contributed by atoms with Gasteiger partial charge in [-0.3, -0.25) is 14.5 Å². The average Bonchev–Trinajstić information content (AvgIpc) is 3.45. The van der Waals surface area contributed by atoms with Gasteiger partial charge in [0.1, 0.15) is 22.2 Å². The first-order chi connectivity index (χ1) is 17.5. The molecule has 7 nitrogen and oxygen atoms in total. The number of aromatic nitrogens is 2. The Morgan fingerprint density at radius 3 is 2.61 bits per heavy atom. The third kappa shape index (κ3) is 4.39. The maximum Gasteiger partial charge on any atom is 0.297 e. The molecule has 0 spiro atoms. The number of amides is 1. The lowest BCUT2D eigenvalue weighted by Gasteiger charge is -2.22. The number of hydrogen-bond acceptors (Lipinski definition) is 7. The highest BCUT2D eigenvalue weighted by Crippen LogP contribution is 2.42. The van der Waals surface area contributed by atoms with E-state index in [1.165, 1.54) is 28.4 Å². The number of aryl methyl sites for hydroxylation is 1. The fourth-order valence-electron chi connectivity index (χ4n) is 4.40. The van der Waals surface area contributed by atoms with Gasteiger partial charge in [0.25, 0.3) is 5.91 Å². The van der Waals surface area contributed by atoms with Crippen LogP contribution in [0.1, 0.15) is 72.3 Å². The number of ether oxygens (including phenoxy) is 1. The van der Waals surface area contributed by atoms with E-state index in [-0.39, 0.29) is 22.3 Å². The monoisotopic (exact) mass is 507 g/mol. The van der Waals surface area contributed by atoms with Crippen LogP contribution in [0.25, 0.3) is 11.0 Å². The predicted octanol–water partition coefficient (Wildman–Crippen LogP) is 6.05. The van der Waals surface area contributed by atoms with Crippen molar-refractivity contribution in [3.63, 3.8) is 0 Å². The van der Waals surface area contributed by atoms with Gasteiger partial charge in [-0.1, -0.05) is 50.2 Å². The quantitative estimate of drug-likeness (QED) is 0.256. The third-order valence-corrected chi connectivity index (χ3v) is 7.15. The van der Waals surface area contributed by atoms with Crippen molar-refractivity contribution in [3.05, 3.63) is 80.4 Å². The second-order valence-corrected chi connectivity index (χ2v) is 9.79. The van der Waals surface area contributed by atoms with Gasteiger partial charge in [0.15, 0.2) is 5.43 Å². The minimum Gasteiger partial charge on any atom is -0.494 e. The summed E-state index contributed by atoms with van der Waals surface area (Å²) in [5, 5.41) is 9.76. The molecule has 0 bridgehead atoms. The molecule has 9 heteroatoms. The summed E-state index contributed by atoms with van der Waals surface area (Å²) in [6.45, 7) is 4.80. The van der Waals surface area contributed by atoms with Gasteiger partial charge in [-0.2, -0.15) is 0 Å². The molecule has 4 aromatic rings. The Balaban J connectivity index is 1.60. The largest absolute Gasteiger partial charge is 0.494 e. The lowest BCUT2D eigenvalue weighted by atomic mass is 9.98.